The summed E-state index contributed by atoms with van der Waals surface area (Å²) in [6, 6.07) is 8.93. The minimum atomic E-state index is -5.14. The Morgan fingerprint density at radius 1 is 0.593 bits per heavy atom. The highest BCUT2D eigenvalue weighted by atomic mass is 19.4. The number of hydrogen-bond donors (Lipinski definition) is 6. The highest BCUT2D eigenvalue weighted by Crippen LogP contribution is 2.31. The molecule has 0 bridgehead atoms. The summed E-state index contributed by atoms with van der Waals surface area (Å²) in [6.07, 6.45) is -13.0. The number of anilines is 4. The lowest BCUT2D eigenvalue weighted by atomic mass is 10.3. The molecule has 0 saturated carbocycles. The Morgan fingerprint density at radius 3 is 1.04 bits per heavy atom. The topological polar surface area (TPSA) is 145 Å². The van der Waals surface area contributed by atoms with Gasteiger partial charge in [-0.2, -0.15) is 26.3 Å². The fourth-order valence-corrected chi connectivity index (χ4v) is 1.35. The van der Waals surface area contributed by atoms with E-state index in [2.05, 4.69) is 0 Å². The zero-order chi connectivity index (χ0) is 21.4. The van der Waals surface area contributed by atoms with Gasteiger partial charge in [0.1, 0.15) is 17.9 Å². The Labute approximate surface area is 150 Å². The first-order valence-corrected chi connectivity index (χ1v) is 6.92. The van der Waals surface area contributed by atoms with Crippen molar-refractivity contribution in [3.63, 3.8) is 0 Å². The zero-order valence-electron chi connectivity index (χ0n) is 13.6. The van der Waals surface area contributed by atoms with Gasteiger partial charge in [-0.05, 0) is 24.3 Å². The van der Waals surface area contributed by atoms with Crippen molar-refractivity contribution < 1.29 is 36.6 Å². The lowest BCUT2D eigenvalue weighted by Gasteiger charge is -2.08. The van der Waals surface area contributed by atoms with Crippen LogP contribution in [0, 0.1) is 0 Å². The summed E-state index contributed by atoms with van der Waals surface area (Å²) < 4.78 is 65.0. The Hall–Kier alpha value is -3.18. The van der Waals surface area contributed by atoms with Gasteiger partial charge in [-0.15, -0.1) is 0 Å². The summed E-state index contributed by atoms with van der Waals surface area (Å²) in [7, 11) is 0. The van der Waals surface area contributed by atoms with Crippen molar-refractivity contribution in [2.45, 2.75) is 18.8 Å². The number of nitrogens with two attached hydrogens (primary N) is 4. The molecule has 0 fully saturated rings. The van der Waals surface area contributed by atoms with Gasteiger partial charge in [-0.3, -0.25) is 0 Å². The summed E-state index contributed by atoms with van der Waals surface area (Å²) in [5.74, 6) is 0.281. The summed E-state index contributed by atoms with van der Waals surface area (Å²) >= 11 is 0. The van der Waals surface area contributed by atoms with Crippen molar-refractivity contribution in [2.24, 2.45) is 0 Å². The number of benzene rings is 2. The molecule has 0 amide bonds. The maximum absolute atomic E-state index is 10.8. The third kappa shape index (κ3) is 11.9. The van der Waals surface area contributed by atoms with E-state index in [-0.39, 0.29) is 11.5 Å². The third-order valence-corrected chi connectivity index (χ3v) is 2.54. The molecule has 6 nitrogen and oxygen atoms in total. The Balaban J connectivity index is 0.000000376. The molecule has 2 rings (SSSR count). The van der Waals surface area contributed by atoms with Crippen molar-refractivity contribution in [2.75, 3.05) is 22.9 Å². The maximum atomic E-state index is 10.8. The highest BCUT2D eigenvalue weighted by Gasteiger charge is 2.43. The summed E-state index contributed by atoms with van der Waals surface area (Å²) in [5.41, 5.74) is 23.2. The van der Waals surface area contributed by atoms with Gasteiger partial charge in [0.25, 0.3) is 0 Å². The van der Waals surface area contributed by atoms with E-state index in [1.807, 2.05) is 0 Å². The molecule has 2 aromatic carbocycles. The summed E-state index contributed by atoms with van der Waals surface area (Å²) in [5, 5.41) is 17.6. The highest BCUT2D eigenvalue weighted by molar-refractivity contribution is 5.65. The second kappa shape index (κ2) is 9.50. The number of alkyl halides is 6. The van der Waals surface area contributed by atoms with Gasteiger partial charge in [-0.25, -0.2) is 0 Å². The van der Waals surface area contributed by atoms with Crippen molar-refractivity contribution >= 4 is 22.7 Å². The van der Waals surface area contributed by atoms with Crippen molar-refractivity contribution in [1.29, 1.82) is 0 Å². The van der Waals surface area contributed by atoms with Crippen molar-refractivity contribution in [3.8, 4) is 11.5 Å². The maximum Gasteiger partial charge on any atom is 0.397 e. The van der Waals surface area contributed by atoms with Crippen molar-refractivity contribution in [1.82, 2.24) is 0 Å². The van der Waals surface area contributed by atoms with Gasteiger partial charge < -0.3 is 33.1 Å². The number of phenolic OH excluding ortho intramolecular Hbond substituents is 2. The largest absolute Gasteiger partial charge is 0.508 e. The first kappa shape index (κ1) is 23.8. The molecule has 0 unspecified atom stereocenters. The average Bonchev–Trinajstić information content (AvgIpc) is 2.45. The molecule has 0 atom stereocenters. The molecular formula is C15H18F6N4O2. The molecule has 0 saturated heterocycles. The van der Waals surface area contributed by atoms with E-state index >= 15 is 0 Å². The summed E-state index contributed by atoms with van der Waals surface area (Å²) in [6.45, 7) is 0. The van der Waals surface area contributed by atoms with Crippen LogP contribution < -0.4 is 22.9 Å². The predicted molar refractivity (Wildman–Crippen MR) is 90.6 cm³/mol. The van der Waals surface area contributed by atoms with Crippen LogP contribution in [0.1, 0.15) is 6.42 Å². The van der Waals surface area contributed by atoms with Crippen LogP contribution in [0.4, 0.5) is 49.1 Å². The molecule has 27 heavy (non-hydrogen) atoms. The molecule has 0 spiro atoms. The number of aromatic hydroxyl groups is 2. The molecule has 12 heteroatoms. The van der Waals surface area contributed by atoms with E-state index < -0.39 is 18.8 Å². The minimum absolute atomic E-state index is 0.140. The van der Waals surface area contributed by atoms with E-state index in [0.717, 1.165) is 0 Å². The van der Waals surface area contributed by atoms with E-state index in [1.165, 1.54) is 24.3 Å². The van der Waals surface area contributed by atoms with Gasteiger partial charge in [0.05, 0.1) is 22.7 Å². The van der Waals surface area contributed by atoms with Gasteiger partial charge in [0, 0.05) is 12.1 Å². The van der Waals surface area contributed by atoms with E-state index in [4.69, 9.17) is 33.1 Å². The molecule has 10 N–H and O–H groups in total. The SMILES string of the molecule is FC(F)(F)CC(F)(F)F.Nc1ccc(O)cc1N.Nc1ccc(O)cc1N. The Bertz CT molecular complexity index is 674. The molecule has 2 aromatic rings. The van der Waals surface area contributed by atoms with Crippen LogP contribution in [0.25, 0.3) is 0 Å². The predicted octanol–water partition coefficient (Wildman–Crippen LogP) is 3.61. The minimum Gasteiger partial charge on any atom is -0.508 e. The molecule has 152 valence electrons. The molecule has 0 aliphatic carbocycles. The van der Waals surface area contributed by atoms with Crippen LogP contribution in [-0.2, 0) is 0 Å². The number of nitrogen functional groups attached to an aromatic ring is 4. The van der Waals surface area contributed by atoms with E-state index in [0.29, 0.717) is 22.7 Å². The van der Waals surface area contributed by atoms with Crippen LogP contribution in [0.5, 0.6) is 11.5 Å². The number of rotatable bonds is 0. The van der Waals surface area contributed by atoms with Gasteiger partial charge in [-0.1, -0.05) is 0 Å². The standard InChI is InChI=1S/2C6H8N2O.C3H2F6/c2*7-5-2-1-4(9)3-6(5)8;4-2(5,6)1-3(7,8)9/h2*1-3,9H,7-8H2;1H2. The zero-order valence-corrected chi connectivity index (χ0v) is 13.6. The average molecular weight is 400 g/mol. The van der Waals surface area contributed by atoms with Crippen LogP contribution in [0.2, 0.25) is 0 Å². The van der Waals surface area contributed by atoms with E-state index in [1.54, 1.807) is 12.1 Å². The van der Waals surface area contributed by atoms with Gasteiger partial charge in [0.2, 0.25) is 0 Å². The molecule has 0 aliphatic rings. The fourth-order valence-electron chi connectivity index (χ4n) is 1.35. The quantitative estimate of drug-likeness (QED) is 0.226. The molecule has 0 aliphatic heterocycles. The van der Waals surface area contributed by atoms with Crippen LogP contribution >= 0.6 is 0 Å². The second-order valence-corrected chi connectivity index (χ2v) is 5.03. The number of phenols is 2. The lowest BCUT2D eigenvalue weighted by molar-refractivity contribution is -0.232. The Morgan fingerprint density at radius 2 is 0.889 bits per heavy atom. The van der Waals surface area contributed by atoms with Crippen LogP contribution in [0.3, 0.4) is 0 Å². The summed E-state index contributed by atoms with van der Waals surface area (Å²) in [4.78, 5) is 0. The first-order chi connectivity index (χ1) is 12.1. The molecular weight excluding hydrogens is 382 g/mol. The normalized spacial score (nSPS) is 10.9. The first-order valence-electron chi connectivity index (χ1n) is 6.92. The van der Waals surface area contributed by atoms with Gasteiger partial charge in [0.15, 0.2) is 0 Å². The molecule has 0 radical (unpaired) electrons. The second-order valence-electron chi connectivity index (χ2n) is 5.03. The van der Waals surface area contributed by atoms with Crippen molar-refractivity contribution in [3.05, 3.63) is 36.4 Å². The fraction of sp³-hybridized carbons (Fsp3) is 0.200. The number of halogens is 6. The lowest BCUT2D eigenvalue weighted by Crippen LogP contribution is -2.20. The van der Waals surface area contributed by atoms with Gasteiger partial charge >= 0.3 is 12.4 Å². The molecule has 0 aromatic heterocycles. The monoisotopic (exact) mass is 400 g/mol. The van der Waals surface area contributed by atoms with Crippen LogP contribution in [-0.4, -0.2) is 22.6 Å². The van der Waals surface area contributed by atoms with Crippen LogP contribution in [0.15, 0.2) is 36.4 Å². The number of hydrogen-bond acceptors (Lipinski definition) is 6. The molecule has 0 heterocycles. The third-order valence-electron chi connectivity index (χ3n) is 2.54. The van der Waals surface area contributed by atoms with E-state index in [9.17, 15) is 26.3 Å². The Kier molecular flexibility index (Phi) is 8.38. The smallest absolute Gasteiger partial charge is 0.397 e.